The molecule has 2 unspecified atom stereocenters. The highest BCUT2D eigenvalue weighted by Crippen LogP contribution is 2.65. The van der Waals surface area contributed by atoms with Crippen molar-refractivity contribution >= 4 is 17.5 Å². The lowest BCUT2D eigenvalue weighted by Gasteiger charge is -2.66. The van der Waals surface area contributed by atoms with Gasteiger partial charge in [0.25, 0.3) is 0 Å². The van der Waals surface area contributed by atoms with Crippen LogP contribution in [-0.2, 0) is 22.4 Å². The van der Waals surface area contributed by atoms with E-state index in [-0.39, 0.29) is 23.7 Å². The Morgan fingerprint density at radius 3 is 2.32 bits per heavy atom. The molecule has 2 saturated carbocycles. The van der Waals surface area contributed by atoms with Gasteiger partial charge in [-0.1, -0.05) is 54.0 Å². The summed E-state index contributed by atoms with van der Waals surface area (Å²) < 4.78 is 0. The predicted molar refractivity (Wildman–Crippen MR) is 141 cm³/mol. The maximum Gasteiger partial charge on any atom is 0.230 e. The quantitative estimate of drug-likeness (QED) is 0.354. The minimum Gasteiger partial charge on any atom is -0.507 e. The van der Waals surface area contributed by atoms with E-state index in [2.05, 4.69) is 13.8 Å². The Hall–Kier alpha value is -2.29. The lowest BCUT2D eigenvalue weighted by Crippen LogP contribution is -2.79. The van der Waals surface area contributed by atoms with Crippen LogP contribution in [0.1, 0.15) is 82.3 Å². The molecule has 0 bridgehead atoms. The summed E-state index contributed by atoms with van der Waals surface area (Å²) in [5.41, 5.74) is 2.66. The lowest BCUT2D eigenvalue weighted by molar-refractivity contribution is -0.265. The molecular weight excluding hydrogens is 486 g/mol. The molecule has 0 aliphatic heterocycles. The first-order valence-corrected chi connectivity index (χ1v) is 13.8. The van der Waals surface area contributed by atoms with E-state index >= 15 is 0 Å². The number of primary amides is 1. The van der Waals surface area contributed by atoms with Crippen molar-refractivity contribution < 1.29 is 34.8 Å². The maximum atomic E-state index is 14.1. The lowest BCUT2D eigenvalue weighted by atomic mass is 9.39. The van der Waals surface area contributed by atoms with Gasteiger partial charge in [-0.3, -0.25) is 14.4 Å². The van der Waals surface area contributed by atoms with Crippen LogP contribution in [0.2, 0.25) is 0 Å². The molecule has 210 valence electrons. The molecule has 4 rings (SSSR count). The molecule has 1 aromatic carbocycles. The normalized spacial score (nSPS) is 38.7. The van der Waals surface area contributed by atoms with Crippen LogP contribution in [0.5, 0.6) is 5.75 Å². The van der Waals surface area contributed by atoms with E-state index < -0.39 is 63.9 Å². The number of ketones is 2. The van der Waals surface area contributed by atoms with Gasteiger partial charge in [-0.2, -0.15) is 0 Å². The Morgan fingerprint density at radius 1 is 1.13 bits per heavy atom. The van der Waals surface area contributed by atoms with Crippen molar-refractivity contribution in [2.75, 3.05) is 0 Å². The first-order valence-electron chi connectivity index (χ1n) is 13.8. The molecule has 0 radical (unpaired) electrons. The molecule has 8 atom stereocenters. The van der Waals surface area contributed by atoms with Crippen molar-refractivity contribution in [2.24, 2.45) is 46.2 Å². The van der Waals surface area contributed by atoms with Crippen molar-refractivity contribution in [1.82, 2.24) is 0 Å². The predicted octanol–water partition coefficient (Wildman–Crippen LogP) is 2.55. The van der Waals surface area contributed by atoms with Crippen LogP contribution < -0.4 is 5.73 Å². The molecule has 1 aromatic rings. The second kappa shape index (κ2) is 9.42. The smallest absolute Gasteiger partial charge is 0.230 e. The molecule has 0 spiro atoms. The van der Waals surface area contributed by atoms with E-state index in [0.29, 0.717) is 12.3 Å². The van der Waals surface area contributed by atoms with Gasteiger partial charge in [0.15, 0.2) is 17.2 Å². The van der Waals surface area contributed by atoms with Crippen LogP contribution in [-0.4, -0.2) is 55.7 Å². The topological polar surface area (TPSA) is 158 Å². The van der Waals surface area contributed by atoms with Crippen LogP contribution in [0.25, 0.3) is 0 Å². The summed E-state index contributed by atoms with van der Waals surface area (Å²) in [6.07, 6.45) is -0.0786. The summed E-state index contributed by atoms with van der Waals surface area (Å²) in [5, 5.41) is 45.9. The summed E-state index contributed by atoms with van der Waals surface area (Å²) in [5.74, 6) is -6.21. The SMILES string of the molecule is CC(C)CCCc1ccc(O)c2c1C[C@]1(C)C[C@]3(C)[C@@H](C(C)C)C(O)[C@@H](C(N)=O)C(=O)[C@]3(O)C(O)[C@H]1C2=O. The van der Waals surface area contributed by atoms with Gasteiger partial charge >= 0.3 is 0 Å². The molecular formula is C30H43NO7. The number of benzene rings is 1. The van der Waals surface area contributed by atoms with E-state index in [9.17, 15) is 34.8 Å². The second-order valence-corrected chi connectivity index (χ2v) is 13.4. The van der Waals surface area contributed by atoms with E-state index in [1.165, 1.54) is 6.07 Å². The van der Waals surface area contributed by atoms with Crippen molar-refractivity contribution in [3.63, 3.8) is 0 Å². The number of rotatable bonds is 6. The third-order valence-electron chi connectivity index (χ3n) is 9.99. The van der Waals surface area contributed by atoms with Crippen molar-refractivity contribution in [2.45, 2.75) is 91.5 Å². The zero-order valence-corrected chi connectivity index (χ0v) is 23.3. The number of phenols is 1. The molecule has 0 aromatic heterocycles. The Labute approximate surface area is 224 Å². The standard InChI is InChI=1S/C30H43NO7/c1-14(2)8-7-9-16-10-11-18(32)19-17(16)12-28(5)13-29(6)21(15(3)4)24(34)20(27(31)37)25(35)30(29,38)26(36)22(28)23(19)33/h10-11,14-15,20-22,24,26,32,34,36,38H,7-9,12-13H2,1-6H3,(H2,31,37)/t20-,21+,22-,24?,26?,28-,29-,30+/m1/s1. The molecule has 3 aliphatic rings. The number of aryl methyl sites for hydroxylation is 1. The number of fused-ring (bicyclic) bond motifs is 3. The summed E-state index contributed by atoms with van der Waals surface area (Å²) >= 11 is 0. The Bertz CT molecular complexity index is 1160. The molecule has 8 heteroatoms. The maximum absolute atomic E-state index is 14.1. The van der Waals surface area contributed by atoms with Crippen LogP contribution in [0, 0.1) is 40.4 Å². The third-order valence-corrected chi connectivity index (χ3v) is 9.99. The van der Waals surface area contributed by atoms with Gasteiger partial charge in [-0.15, -0.1) is 0 Å². The zero-order chi connectivity index (χ0) is 28.5. The number of Topliss-reactive ketones (excluding diaryl/α,β-unsaturated/α-hetero) is 2. The number of aromatic hydroxyl groups is 1. The van der Waals surface area contributed by atoms with Crippen LogP contribution in [0.3, 0.4) is 0 Å². The van der Waals surface area contributed by atoms with Crippen LogP contribution in [0.15, 0.2) is 12.1 Å². The fraction of sp³-hybridized carbons (Fsp3) is 0.700. The fourth-order valence-corrected chi connectivity index (χ4v) is 8.53. The monoisotopic (exact) mass is 529 g/mol. The van der Waals surface area contributed by atoms with Gasteiger partial charge in [0.05, 0.1) is 17.6 Å². The van der Waals surface area contributed by atoms with E-state index in [0.717, 1.165) is 30.4 Å². The number of amides is 1. The number of hydrogen-bond acceptors (Lipinski definition) is 7. The number of hydrogen-bond donors (Lipinski definition) is 5. The molecule has 1 amide bonds. The number of phenolic OH excluding ortho intramolecular Hbond substituents is 1. The Morgan fingerprint density at radius 2 is 1.76 bits per heavy atom. The van der Waals surface area contributed by atoms with Crippen molar-refractivity contribution in [1.29, 1.82) is 0 Å². The Balaban J connectivity index is 1.88. The highest BCUT2D eigenvalue weighted by atomic mass is 16.4. The van der Waals surface area contributed by atoms with Crippen molar-refractivity contribution in [3.8, 4) is 5.75 Å². The fourth-order valence-electron chi connectivity index (χ4n) is 8.53. The summed E-state index contributed by atoms with van der Waals surface area (Å²) in [6.45, 7) is 11.5. The number of nitrogens with two attached hydrogens (primary N) is 1. The van der Waals surface area contributed by atoms with E-state index in [4.69, 9.17) is 5.73 Å². The molecule has 0 heterocycles. The van der Waals surface area contributed by atoms with Gasteiger partial charge in [0, 0.05) is 5.41 Å². The average Bonchev–Trinajstić information content (AvgIpc) is 2.77. The van der Waals surface area contributed by atoms with Gasteiger partial charge in [0.2, 0.25) is 5.91 Å². The van der Waals surface area contributed by atoms with Crippen LogP contribution >= 0.6 is 0 Å². The van der Waals surface area contributed by atoms with Crippen molar-refractivity contribution in [3.05, 3.63) is 28.8 Å². The third kappa shape index (κ3) is 3.86. The highest BCUT2D eigenvalue weighted by Gasteiger charge is 2.75. The molecule has 8 nitrogen and oxygen atoms in total. The van der Waals surface area contributed by atoms with Gasteiger partial charge < -0.3 is 26.2 Å². The first-order chi connectivity index (χ1) is 17.5. The minimum atomic E-state index is -2.48. The minimum absolute atomic E-state index is 0.135. The number of carbonyl (C=O) groups is 3. The molecule has 6 N–H and O–H groups in total. The second-order valence-electron chi connectivity index (χ2n) is 13.4. The largest absolute Gasteiger partial charge is 0.507 e. The Kier molecular flexibility index (Phi) is 7.12. The van der Waals surface area contributed by atoms with Crippen LogP contribution in [0.4, 0.5) is 0 Å². The molecule has 2 fully saturated rings. The molecule has 3 aliphatic carbocycles. The van der Waals surface area contributed by atoms with E-state index in [1.54, 1.807) is 6.92 Å². The van der Waals surface area contributed by atoms with Gasteiger partial charge in [-0.25, -0.2) is 0 Å². The highest BCUT2D eigenvalue weighted by molar-refractivity contribution is 6.09. The number of aliphatic hydroxyl groups excluding tert-OH is 2. The number of carbonyl (C=O) groups excluding carboxylic acids is 3. The summed E-state index contributed by atoms with van der Waals surface area (Å²) in [7, 11) is 0. The summed E-state index contributed by atoms with van der Waals surface area (Å²) in [6, 6.07) is 3.35. The average molecular weight is 530 g/mol. The first kappa shape index (κ1) is 28.7. The van der Waals surface area contributed by atoms with Gasteiger partial charge in [-0.05, 0) is 66.0 Å². The zero-order valence-electron chi connectivity index (χ0n) is 23.3. The molecule has 38 heavy (non-hydrogen) atoms. The number of aliphatic hydroxyl groups is 3. The van der Waals surface area contributed by atoms with Gasteiger partial charge in [0.1, 0.15) is 17.8 Å². The van der Waals surface area contributed by atoms with E-state index in [1.807, 2.05) is 26.8 Å². The summed E-state index contributed by atoms with van der Waals surface area (Å²) in [4.78, 5) is 40.1. The molecule has 0 saturated heterocycles.